The molecule has 0 saturated carbocycles. The number of carbonyl (C=O) groups excluding carboxylic acids is 1. The third kappa shape index (κ3) is 5.60. The van der Waals surface area contributed by atoms with Crippen molar-refractivity contribution < 1.29 is 9.53 Å². The Morgan fingerprint density at radius 3 is 2.50 bits per heavy atom. The highest BCUT2D eigenvalue weighted by Gasteiger charge is 2.01. The number of ether oxygens (including phenoxy) is 1. The van der Waals surface area contributed by atoms with Crippen molar-refractivity contribution >= 4 is 17.7 Å². The molecule has 20 heavy (non-hydrogen) atoms. The van der Waals surface area contributed by atoms with Crippen molar-refractivity contribution in [2.45, 2.75) is 19.9 Å². The fourth-order valence-corrected chi connectivity index (χ4v) is 1.52. The Hall–Kier alpha value is -2.24. The highest BCUT2D eigenvalue weighted by Crippen LogP contribution is 2.09. The summed E-state index contributed by atoms with van der Waals surface area (Å²) >= 11 is 0. The van der Waals surface area contributed by atoms with Gasteiger partial charge >= 0.3 is 6.09 Å². The molecule has 0 aliphatic heterocycles. The number of guanidine groups is 1. The number of hydrogen-bond donors (Lipinski definition) is 3. The summed E-state index contributed by atoms with van der Waals surface area (Å²) in [6.45, 7) is 3.66. The number of rotatable bonds is 5. The molecule has 0 unspecified atom stereocenters. The summed E-state index contributed by atoms with van der Waals surface area (Å²) in [4.78, 5) is 15.2. The van der Waals surface area contributed by atoms with E-state index in [0.29, 0.717) is 12.2 Å². The van der Waals surface area contributed by atoms with Gasteiger partial charge in [0.05, 0.1) is 7.11 Å². The Morgan fingerprint density at radius 1 is 1.25 bits per heavy atom. The molecule has 0 atom stereocenters. The molecule has 1 aromatic carbocycles. The number of nitrogens with one attached hydrogen (secondary N) is 3. The molecular formula is C14H22N4O2. The predicted octanol–water partition coefficient (Wildman–Crippen LogP) is 1.94. The molecule has 0 saturated heterocycles. The van der Waals surface area contributed by atoms with Gasteiger partial charge in [-0.2, -0.15) is 0 Å². The second-order valence-corrected chi connectivity index (χ2v) is 4.17. The lowest BCUT2D eigenvalue weighted by Crippen LogP contribution is -2.37. The van der Waals surface area contributed by atoms with Crippen LogP contribution < -0.4 is 16.0 Å². The number of methoxy groups -OCH3 is 1. The third-order valence-corrected chi connectivity index (χ3v) is 2.61. The van der Waals surface area contributed by atoms with Gasteiger partial charge in [-0.05, 0) is 24.1 Å². The van der Waals surface area contributed by atoms with Crippen LogP contribution in [0.2, 0.25) is 0 Å². The van der Waals surface area contributed by atoms with E-state index in [-0.39, 0.29) is 0 Å². The lowest BCUT2D eigenvalue weighted by Gasteiger charge is -2.11. The van der Waals surface area contributed by atoms with Crippen LogP contribution in [-0.4, -0.2) is 32.8 Å². The number of hydrogen-bond acceptors (Lipinski definition) is 3. The molecule has 0 fully saturated rings. The van der Waals surface area contributed by atoms with Crippen molar-refractivity contribution in [2.75, 3.05) is 26.0 Å². The van der Waals surface area contributed by atoms with E-state index in [1.54, 1.807) is 7.05 Å². The zero-order valence-electron chi connectivity index (χ0n) is 12.2. The van der Waals surface area contributed by atoms with E-state index in [1.165, 1.54) is 7.11 Å². The molecule has 1 aromatic rings. The van der Waals surface area contributed by atoms with E-state index in [9.17, 15) is 4.79 Å². The van der Waals surface area contributed by atoms with Gasteiger partial charge in [-0.15, -0.1) is 0 Å². The zero-order chi connectivity index (χ0) is 14.8. The molecule has 0 spiro atoms. The molecule has 3 N–H and O–H groups in total. The fourth-order valence-electron chi connectivity index (χ4n) is 1.52. The first-order chi connectivity index (χ1) is 9.69. The number of anilines is 1. The molecule has 0 aliphatic carbocycles. The highest BCUT2D eigenvalue weighted by molar-refractivity contribution is 5.84. The van der Waals surface area contributed by atoms with Crippen LogP contribution in [0.5, 0.6) is 0 Å². The van der Waals surface area contributed by atoms with Crippen LogP contribution in [0.25, 0.3) is 0 Å². The van der Waals surface area contributed by atoms with Crippen molar-refractivity contribution in [3.05, 3.63) is 29.8 Å². The summed E-state index contributed by atoms with van der Waals surface area (Å²) in [6.07, 6.45) is 0.578. The summed E-state index contributed by atoms with van der Waals surface area (Å²) in [6, 6.07) is 7.53. The average molecular weight is 278 g/mol. The first-order valence-electron chi connectivity index (χ1n) is 6.58. The summed E-state index contributed by atoms with van der Waals surface area (Å²) in [5, 5.41) is 9.02. The molecule has 1 rings (SSSR count). The molecule has 6 heteroatoms. The van der Waals surface area contributed by atoms with Crippen LogP contribution in [0.3, 0.4) is 0 Å². The Morgan fingerprint density at radius 2 is 1.95 bits per heavy atom. The van der Waals surface area contributed by atoms with Gasteiger partial charge in [0.1, 0.15) is 0 Å². The molecule has 0 aliphatic rings. The Kier molecular flexibility index (Phi) is 6.95. The van der Waals surface area contributed by atoms with E-state index in [2.05, 4.69) is 32.6 Å². The van der Waals surface area contributed by atoms with Crippen molar-refractivity contribution in [1.82, 2.24) is 10.6 Å². The number of nitrogens with zero attached hydrogens (tertiary/aromatic N) is 1. The number of amides is 1. The Bertz CT molecular complexity index is 443. The predicted molar refractivity (Wildman–Crippen MR) is 81.0 cm³/mol. The fraction of sp³-hybridized carbons (Fsp3) is 0.429. The lowest BCUT2D eigenvalue weighted by atomic mass is 10.2. The summed E-state index contributed by atoms with van der Waals surface area (Å²) in [7, 11) is 3.08. The van der Waals surface area contributed by atoms with E-state index in [4.69, 9.17) is 0 Å². The van der Waals surface area contributed by atoms with Crippen LogP contribution in [0, 0.1) is 0 Å². The van der Waals surface area contributed by atoms with Gasteiger partial charge in [0.15, 0.2) is 5.96 Å². The standard InChI is InChI=1S/C14H22N4O2/c1-4-9-16-13(15-2)17-10-11-5-7-12(8-6-11)18-14(19)20-3/h5-8H,4,9-10H2,1-3H3,(H,18,19)(H2,15,16,17). The summed E-state index contributed by atoms with van der Waals surface area (Å²) < 4.78 is 4.53. The van der Waals surface area contributed by atoms with Gasteiger partial charge in [0, 0.05) is 25.8 Å². The van der Waals surface area contributed by atoms with Gasteiger partial charge in [0.25, 0.3) is 0 Å². The van der Waals surface area contributed by atoms with E-state index < -0.39 is 6.09 Å². The zero-order valence-corrected chi connectivity index (χ0v) is 12.2. The largest absolute Gasteiger partial charge is 0.453 e. The monoisotopic (exact) mass is 278 g/mol. The number of carbonyl (C=O) groups is 1. The second-order valence-electron chi connectivity index (χ2n) is 4.17. The van der Waals surface area contributed by atoms with Crippen LogP contribution >= 0.6 is 0 Å². The SMILES string of the molecule is CCCNC(=NC)NCc1ccc(NC(=O)OC)cc1. The molecule has 0 radical (unpaired) electrons. The summed E-state index contributed by atoms with van der Waals surface area (Å²) in [5.74, 6) is 0.781. The minimum atomic E-state index is -0.472. The maximum Gasteiger partial charge on any atom is 0.411 e. The van der Waals surface area contributed by atoms with Crippen LogP contribution in [0.1, 0.15) is 18.9 Å². The van der Waals surface area contributed by atoms with Crippen LogP contribution in [0.4, 0.5) is 10.5 Å². The smallest absolute Gasteiger partial charge is 0.411 e. The van der Waals surface area contributed by atoms with E-state index in [1.807, 2.05) is 24.3 Å². The number of benzene rings is 1. The van der Waals surface area contributed by atoms with Crippen molar-refractivity contribution in [3.63, 3.8) is 0 Å². The molecular weight excluding hydrogens is 256 g/mol. The topological polar surface area (TPSA) is 74.8 Å². The minimum absolute atomic E-state index is 0.472. The Balaban J connectivity index is 2.47. The summed E-state index contributed by atoms with van der Waals surface area (Å²) in [5.41, 5.74) is 1.80. The minimum Gasteiger partial charge on any atom is -0.453 e. The van der Waals surface area contributed by atoms with Crippen molar-refractivity contribution in [3.8, 4) is 0 Å². The van der Waals surface area contributed by atoms with E-state index in [0.717, 1.165) is 24.5 Å². The van der Waals surface area contributed by atoms with Gasteiger partial charge in [-0.3, -0.25) is 10.3 Å². The molecule has 0 heterocycles. The van der Waals surface area contributed by atoms with Crippen molar-refractivity contribution in [1.29, 1.82) is 0 Å². The molecule has 0 aromatic heterocycles. The van der Waals surface area contributed by atoms with Gasteiger partial charge in [0.2, 0.25) is 0 Å². The normalized spacial score (nSPS) is 10.8. The first kappa shape index (κ1) is 15.8. The lowest BCUT2D eigenvalue weighted by molar-refractivity contribution is 0.187. The van der Waals surface area contributed by atoms with Gasteiger partial charge in [-0.25, -0.2) is 4.79 Å². The first-order valence-corrected chi connectivity index (χ1v) is 6.58. The number of aliphatic imine (C=N–C) groups is 1. The molecule has 6 nitrogen and oxygen atoms in total. The molecule has 110 valence electrons. The van der Waals surface area contributed by atoms with Crippen LogP contribution in [-0.2, 0) is 11.3 Å². The molecule has 0 bridgehead atoms. The Labute approximate surface area is 119 Å². The van der Waals surface area contributed by atoms with Gasteiger partial charge < -0.3 is 15.4 Å². The highest BCUT2D eigenvalue weighted by atomic mass is 16.5. The van der Waals surface area contributed by atoms with E-state index >= 15 is 0 Å². The maximum atomic E-state index is 11.1. The average Bonchev–Trinajstić information content (AvgIpc) is 2.49. The van der Waals surface area contributed by atoms with Gasteiger partial charge in [-0.1, -0.05) is 19.1 Å². The maximum absolute atomic E-state index is 11.1. The second kappa shape index (κ2) is 8.79. The van der Waals surface area contributed by atoms with Crippen molar-refractivity contribution in [2.24, 2.45) is 4.99 Å². The third-order valence-electron chi connectivity index (χ3n) is 2.61. The quantitative estimate of drug-likeness (QED) is 0.568. The molecule has 1 amide bonds. The van der Waals surface area contributed by atoms with Crippen LogP contribution in [0.15, 0.2) is 29.3 Å².